The van der Waals surface area contributed by atoms with E-state index < -0.39 is 0 Å². The summed E-state index contributed by atoms with van der Waals surface area (Å²) in [5.74, 6) is 2.66. The number of rotatable bonds is 1. The third kappa shape index (κ3) is 3.56. The molecule has 0 amide bonds. The van der Waals surface area contributed by atoms with Crippen molar-refractivity contribution in [3.05, 3.63) is 127 Å². The van der Waals surface area contributed by atoms with Crippen LogP contribution in [0.5, 0.6) is 0 Å². The largest absolute Gasteiger partial charge is 0.309 e. The molecular weight excluding hydrogens is 374 g/mol. The molecule has 1 nitrogen and oxygen atoms in total. The molecule has 0 saturated heterocycles. The van der Waals surface area contributed by atoms with Crippen LogP contribution in [0.3, 0.4) is 0 Å². The Hall–Kier alpha value is -4.28. The number of para-hydroxylation sites is 2. The normalized spacial score (nSPS) is 10.5. The molecule has 0 atom stereocenters. The molecule has 1 heterocycles. The molecule has 0 unspecified atom stereocenters. The molecule has 31 heavy (non-hydrogen) atoms. The fourth-order valence-electron chi connectivity index (χ4n) is 4.04. The van der Waals surface area contributed by atoms with Gasteiger partial charge < -0.3 is 4.57 Å². The van der Waals surface area contributed by atoms with Crippen LogP contribution in [0.4, 0.5) is 0 Å². The van der Waals surface area contributed by atoms with Crippen LogP contribution in [0.2, 0.25) is 0 Å². The van der Waals surface area contributed by atoms with E-state index in [0.29, 0.717) is 0 Å². The second kappa shape index (κ2) is 8.22. The highest BCUT2D eigenvalue weighted by molar-refractivity contribution is 6.09. The lowest BCUT2D eigenvalue weighted by Gasteiger charge is -2.07. The van der Waals surface area contributed by atoms with Crippen molar-refractivity contribution >= 4 is 32.6 Å². The SMILES string of the molecule is C#Cc1ccc(-n2c3ccccc3c3ccccc32)cc1.c1ccc2ccccc2c1. The van der Waals surface area contributed by atoms with Crippen molar-refractivity contribution < 1.29 is 0 Å². The Morgan fingerprint density at radius 3 is 1.35 bits per heavy atom. The summed E-state index contributed by atoms with van der Waals surface area (Å²) in [6.45, 7) is 0. The van der Waals surface area contributed by atoms with E-state index in [9.17, 15) is 0 Å². The lowest BCUT2D eigenvalue weighted by atomic mass is 10.1. The van der Waals surface area contributed by atoms with Gasteiger partial charge in [0.15, 0.2) is 0 Å². The minimum Gasteiger partial charge on any atom is -0.309 e. The standard InChI is InChI=1S/C20H13N.C10H8/c1-2-15-11-13-16(14-12-15)21-19-9-5-3-7-17(19)18-8-4-6-10-20(18)21;1-2-6-10-8-4-3-7-9(10)5-1/h1,3-14H;1-8H. The molecule has 0 N–H and O–H groups in total. The van der Waals surface area contributed by atoms with Crippen LogP contribution in [0.25, 0.3) is 38.3 Å². The average molecular weight is 396 g/mol. The number of hydrogen-bond acceptors (Lipinski definition) is 0. The minimum atomic E-state index is 0.902. The average Bonchev–Trinajstić information content (AvgIpc) is 3.19. The van der Waals surface area contributed by atoms with Gasteiger partial charge in [0.25, 0.3) is 0 Å². The Kier molecular flexibility index (Phi) is 4.97. The van der Waals surface area contributed by atoms with Gasteiger partial charge in [-0.3, -0.25) is 0 Å². The second-order valence-electron chi connectivity index (χ2n) is 7.41. The van der Waals surface area contributed by atoms with Crippen molar-refractivity contribution in [3.8, 4) is 18.0 Å². The van der Waals surface area contributed by atoms with Crippen LogP contribution in [-0.2, 0) is 0 Å². The lowest BCUT2D eigenvalue weighted by Crippen LogP contribution is -1.93. The highest BCUT2D eigenvalue weighted by Gasteiger charge is 2.10. The Morgan fingerprint density at radius 2 is 0.903 bits per heavy atom. The van der Waals surface area contributed by atoms with E-state index in [-0.39, 0.29) is 0 Å². The van der Waals surface area contributed by atoms with Crippen molar-refractivity contribution in [1.82, 2.24) is 4.57 Å². The van der Waals surface area contributed by atoms with Gasteiger partial charge >= 0.3 is 0 Å². The summed E-state index contributed by atoms with van der Waals surface area (Å²) in [6, 6.07) is 41.8. The van der Waals surface area contributed by atoms with Gasteiger partial charge in [-0.2, -0.15) is 0 Å². The van der Waals surface area contributed by atoms with Gasteiger partial charge in [-0.05, 0) is 47.2 Å². The van der Waals surface area contributed by atoms with Crippen LogP contribution in [0.1, 0.15) is 5.56 Å². The van der Waals surface area contributed by atoms with Gasteiger partial charge in [0, 0.05) is 22.0 Å². The smallest absolute Gasteiger partial charge is 0.0541 e. The molecule has 1 heteroatoms. The highest BCUT2D eigenvalue weighted by atomic mass is 15.0. The molecule has 0 fully saturated rings. The summed E-state index contributed by atoms with van der Waals surface area (Å²) in [5, 5.41) is 5.17. The molecule has 146 valence electrons. The summed E-state index contributed by atoms with van der Waals surface area (Å²) in [4.78, 5) is 0. The summed E-state index contributed by atoms with van der Waals surface area (Å²) >= 11 is 0. The van der Waals surface area contributed by atoms with Gasteiger partial charge in [-0.25, -0.2) is 0 Å². The number of nitrogens with zero attached hydrogens (tertiary/aromatic N) is 1. The summed E-state index contributed by atoms with van der Waals surface area (Å²) in [5.41, 5.74) is 4.46. The molecule has 6 aromatic rings. The molecular formula is C30H21N. The molecule has 0 aliphatic rings. The van der Waals surface area contributed by atoms with Crippen LogP contribution in [0.15, 0.2) is 121 Å². The van der Waals surface area contributed by atoms with Gasteiger partial charge in [-0.1, -0.05) is 90.8 Å². The van der Waals surface area contributed by atoms with Gasteiger partial charge in [0.05, 0.1) is 11.0 Å². The Bertz CT molecular complexity index is 1410. The van der Waals surface area contributed by atoms with Crippen molar-refractivity contribution in [2.45, 2.75) is 0 Å². The number of terminal acetylenes is 1. The molecule has 0 aliphatic heterocycles. The topological polar surface area (TPSA) is 4.93 Å². The van der Waals surface area contributed by atoms with Crippen LogP contribution < -0.4 is 0 Å². The molecule has 6 rings (SSSR count). The number of aromatic nitrogens is 1. The number of fused-ring (bicyclic) bond motifs is 4. The molecule has 0 bridgehead atoms. The fraction of sp³-hybridized carbons (Fsp3) is 0. The van der Waals surface area contributed by atoms with Crippen molar-refractivity contribution in [1.29, 1.82) is 0 Å². The van der Waals surface area contributed by atoms with E-state index in [1.165, 1.54) is 32.6 Å². The number of hydrogen-bond donors (Lipinski definition) is 0. The predicted octanol–water partition coefficient (Wildman–Crippen LogP) is 7.60. The van der Waals surface area contributed by atoms with Crippen LogP contribution in [-0.4, -0.2) is 4.57 Å². The molecule has 0 radical (unpaired) electrons. The number of benzene rings is 5. The fourth-order valence-corrected chi connectivity index (χ4v) is 4.04. The van der Waals surface area contributed by atoms with E-state index in [2.05, 4.69) is 120 Å². The predicted molar refractivity (Wildman–Crippen MR) is 133 cm³/mol. The zero-order valence-corrected chi connectivity index (χ0v) is 17.1. The maximum absolute atomic E-state index is 5.44. The van der Waals surface area contributed by atoms with E-state index in [0.717, 1.165) is 11.3 Å². The maximum Gasteiger partial charge on any atom is 0.0541 e. The zero-order valence-electron chi connectivity index (χ0n) is 17.1. The molecule has 1 aromatic heterocycles. The maximum atomic E-state index is 5.44. The first kappa shape index (κ1) is 18.7. The minimum absolute atomic E-state index is 0.902. The Labute approximate surface area is 182 Å². The summed E-state index contributed by atoms with van der Waals surface area (Å²) in [7, 11) is 0. The summed E-state index contributed by atoms with van der Waals surface area (Å²) < 4.78 is 2.28. The van der Waals surface area contributed by atoms with Gasteiger partial charge in [0.2, 0.25) is 0 Å². The van der Waals surface area contributed by atoms with E-state index in [1.807, 2.05) is 12.1 Å². The first-order valence-electron chi connectivity index (χ1n) is 10.3. The molecule has 0 aliphatic carbocycles. The molecule has 0 spiro atoms. The second-order valence-corrected chi connectivity index (χ2v) is 7.41. The van der Waals surface area contributed by atoms with Gasteiger partial charge in [-0.15, -0.1) is 6.42 Å². The first-order valence-corrected chi connectivity index (χ1v) is 10.3. The zero-order chi connectivity index (χ0) is 21.0. The van der Waals surface area contributed by atoms with Crippen molar-refractivity contribution in [3.63, 3.8) is 0 Å². The Morgan fingerprint density at radius 1 is 0.484 bits per heavy atom. The monoisotopic (exact) mass is 395 g/mol. The quantitative estimate of drug-likeness (QED) is 0.253. The van der Waals surface area contributed by atoms with Crippen LogP contribution in [0, 0.1) is 12.3 Å². The van der Waals surface area contributed by atoms with Crippen LogP contribution >= 0.6 is 0 Å². The van der Waals surface area contributed by atoms with E-state index >= 15 is 0 Å². The third-order valence-electron chi connectivity index (χ3n) is 5.53. The van der Waals surface area contributed by atoms with Crippen molar-refractivity contribution in [2.75, 3.05) is 0 Å². The lowest BCUT2D eigenvalue weighted by molar-refractivity contribution is 1.18. The third-order valence-corrected chi connectivity index (χ3v) is 5.53. The van der Waals surface area contributed by atoms with E-state index in [4.69, 9.17) is 6.42 Å². The first-order chi connectivity index (χ1) is 15.3. The van der Waals surface area contributed by atoms with Crippen molar-refractivity contribution in [2.24, 2.45) is 0 Å². The highest BCUT2D eigenvalue weighted by Crippen LogP contribution is 2.31. The molecule has 0 saturated carbocycles. The molecule has 5 aromatic carbocycles. The van der Waals surface area contributed by atoms with E-state index in [1.54, 1.807) is 0 Å². The van der Waals surface area contributed by atoms with Gasteiger partial charge in [0.1, 0.15) is 0 Å². The summed E-state index contributed by atoms with van der Waals surface area (Å²) in [6.07, 6.45) is 5.44. The Balaban J connectivity index is 0.000000171.